The number of carbonyl (C=O) groups excluding carboxylic acids is 1. The molecule has 2 nitrogen and oxygen atoms in total. The highest BCUT2D eigenvalue weighted by molar-refractivity contribution is 6.30. The minimum Gasteiger partial charge on any atom is -0.337 e. The lowest BCUT2D eigenvalue weighted by atomic mass is 10.2. The number of halogens is 3. The van der Waals surface area contributed by atoms with Crippen molar-refractivity contribution in [2.24, 2.45) is 0 Å². The summed E-state index contributed by atoms with van der Waals surface area (Å²) in [7, 11) is 0. The lowest BCUT2D eigenvalue weighted by Crippen LogP contribution is -2.24. The quantitative estimate of drug-likeness (QED) is 0.750. The molecule has 0 saturated carbocycles. The normalized spacial score (nSPS) is 20.6. The van der Waals surface area contributed by atoms with Crippen molar-refractivity contribution in [2.45, 2.75) is 18.3 Å². The van der Waals surface area contributed by atoms with Gasteiger partial charge >= 0.3 is 0 Å². The summed E-state index contributed by atoms with van der Waals surface area (Å²) in [6, 6.07) is 4.46. The Kier molecular flexibility index (Phi) is 3.36. The van der Waals surface area contributed by atoms with Gasteiger partial charge in [-0.05, 0) is 17.7 Å². The summed E-state index contributed by atoms with van der Waals surface area (Å²) < 4.78 is 12.9. The van der Waals surface area contributed by atoms with Crippen LogP contribution in [0.15, 0.2) is 18.2 Å². The van der Waals surface area contributed by atoms with Crippen LogP contribution in [0.3, 0.4) is 0 Å². The Labute approximate surface area is 103 Å². The fraction of sp³-hybridized carbons (Fsp3) is 0.364. The largest absolute Gasteiger partial charge is 0.337 e. The first-order chi connectivity index (χ1) is 7.56. The maximum atomic E-state index is 12.9. The molecule has 2 rings (SSSR count). The second-order valence-electron chi connectivity index (χ2n) is 3.82. The van der Waals surface area contributed by atoms with Gasteiger partial charge in [0.1, 0.15) is 5.82 Å². The van der Waals surface area contributed by atoms with Gasteiger partial charge in [0.05, 0.1) is 10.4 Å². The van der Waals surface area contributed by atoms with Gasteiger partial charge in [0.15, 0.2) is 0 Å². The molecule has 1 atom stereocenters. The van der Waals surface area contributed by atoms with E-state index in [0.29, 0.717) is 19.5 Å². The first-order valence-electron chi connectivity index (χ1n) is 4.92. The predicted octanol–water partition coefficient (Wildman–Crippen LogP) is 2.82. The maximum Gasteiger partial charge on any atom is 0.224 e. The van der Waals surface area contributed by atoms with E-state index in [9.17, 15) is 9.18 Å². The van der Waals surface area contributed by atoms with E-state index in [1.165, 1.54) is 12.1 Å². The van der Waals surface area contributed by atoms with Crippen molar-refractivity contribution in [1.82, 2.24) is 4.90 Å². The van der Waals surface area contributed by atoms with Gasteiger partial charge in [-0.15, -0.1) is 11.6 Å². The van der Waals surface area contributed by atoms with Gasteiger partial charge in [0.25, 0.3) is 0 Å². The van der Waals surface area contributed by atoms with Gasteiger partial charge < -0.3 is 4.90 Å². The Morgan fingerprint density at radius 2 is 2.25 bits per heavy atom. The van der Waals surface area contributed by atoms with Crippen LogP contribution in [0, 0.1) is 5.82 Å². The molecule has 5 heteroatoms. The number of alkyl halides is 1. The Balaban J connectivity index is 2.09. The number of benzene rings is 1. The summed E-state index contributed by atoms with van der Waals surface area (Å²) in [6.07, 6.45) is 0.372. The molecular formula is C11H10Cl2FNO. The van der Waals surface area contributed by atoms with E-state index in [0.717, 1.165) is 5.56 Å². The van der Waals surface area contributed by atoms with Crippen molar-refractivity contribution in [2.75, 3.05) is 6.54 Å². The summed E-state index contributed by atoms with van der Waals surface area (Å²) in [5.41, 5.74) is 0.811. The fourth-order valence-electron chi connectivity index (χ4n) is 1.74. The highest BCUT2D eigenvalue weighted by Gasteiger charge is 2.27. The summed E-state index contributed by atoms with van der Waals surface area (Å²) in [6.45, 7) is 0.970. The van der Waals surface area contributed by atoms with Crippen LogP contribution >= 0.6 is 23.2 Å². The highest BCUT2D eigenvalue weighted by atomic mass is 35.5. The molecule has 0 radical (unpaired) electrons. The van der Waals surface area contributed by atoms with E-state index < -0.39 is 5.82 Å². The number of amides is 1. The summed E-state index contributed by atoms with van der Waals surface area (Å²) in [5, 5.41) is -0.0463. The van der Waals surface area contributed by atoms with Crippen molar-refractivity contribution >= 4 is 29.1 Å². The average Bonchev–Trinajstić information content (AvgIpc) is 2.51. The minimum atomic E-state index is -0.451. The molecule has 1 aliphatic rings. The predicted molar refractivity (Wildman–Crippen MR) is 61.1 cm³/mol. The summed E-state index contributed by atoms with van der Waals surface area (Å²) in [4.78, 5) is 13.1. The molecule has 1 saturated heterocycles. The molecule has 1 fully saturated rings. The molecule has 0 N–H and O–H groups in total. The molecule has 0 aliphatic carbocycles. The molecule has 0 bridgehead atoms. The first kappa shape index (κ1) is 11.7. The maximum absolute atomic E-state index is 12.9. The number of hydrogen-bond acceptors (Lipinski definition) is 1. The first-order valence-corrected chi connectivity index (χ1v) is 5.73. The molecule has 0 aromatic heterocycles. The molecule has 1 aliphatic heterocycles. The van der Waals surface area contributed by atoms with Gasteiger partial charge in [-0.1, -0.05) is 17.7 Å². The van der Waals surface area contributed by atoms with E-state index in [1.54, 1.807) is 11.0 Å². The van der Waals surface area contributed by atoms with E-state index in [1.807, 2.05) is 0 Å². The second kappa shape index (κ2) is 4.60. The molecule has 0 spiro atoms. The Hall–Kier alpha value is -0.800. The standard InChI is InChI=1S/C11H10Cl2FNO/c12-8-4-11(16)15(6-8)5-7-1-2-10(14)9(13)3-7/h1-3,8H,4-6H2. The third-order valence-electron chi connectivity index (χ3n) is 2.52. The van der Waals surface area contributed by atoms with E-state index in [4.69, 9.17) is 23.2 Å². The van der Waals surface area contributed by atoms with Crippen LogP contribution in [0.4, 0.5) is 4.39 Å². The zero-order chi connectivity index (χ0) is 11.7. The van der Waals surface area contributed by atoms with Crippen molar-refractivity contribution in [1.29, 1.82) is 0 Å². The van der Waals surface area contributed by atoms with Gasteiger partial charge in [-0.2, -0.15) is 0 Å². The third kappa shape index (κ3) is 2.47. The van der Waals surface area contributed by atoms with Crippen molar-refractivity contribution in [3.8, 4) is 0 Å². The van der Waals surface area contributed by atoms with Crippen LogP contribution in [0.2, 0.25) is 5.02 Å². The number of carbonyl (C=O) groups is 1. The monoisotopic (exact) mass is 261 g/mol. The lowest BCUT2D eigenvalue weighted by molar-refractivity contribution is -0.128. The molecular weight excluding hydrogens is 252 g/mol. The van der Waals surface area contributed by atoms with Crippen molar-refractivity contribution in [3.05, 3.63) is 34.6 Å². The minimum absolute atomic E-state index is 0.0282. The van der Waals surface area contributed by atoms with Crippen LogP contribution in [-0.4, -0.2) is 22.7 Å². The molecule has 1 unspecified atom stereocenters. The Morgan fingerprint density at radius 3 is 2.81 bits per heavy atom. The number of nitrogens with zero attached hydrogens (tertiary/aromatic N) is 1. The second-order valence-corrected chi connectivity index (χ2v) is 4.85. The number of rotatable bonds is 2. The molecule has 1 aromatic carbocycles. The van der Waals surface area contributed by atoms with Crippen LogP contribution in [0.25, 0.3) is 0 Å². The van der Waals surface area contributed by atoms with Gasteiger partial charge in [0, 0.05) is 19.5 Å². The third-order valence-corrected chi connectivity index (χ3v) is 3.11. The molecule has 86 valence electrons. The SMILES string of the molecule is O=C1CC(Cl)CN1Cc1ccc(F)c(Cl)c1. The van der Waals surface area contributed by atoms with Gasteiger partial charge in [-0.25, -0.2) is 4.39 Å². The molecule has 1 heterocycles. The zero-order valence-electron chi connectivity index (χ0n) is 8.42. The van der Waals surface area contributed by atoms with Crippen LogP contribution in [0.1, 0.15) is 12.0 Å². The van der Waals surface area contributed by atoms with E-state index in [-0.39, 0.29) is 16.3 Å². The van der Waals surface area contributed by atoms with Gasteiger partial charge in [0.2, 0.25) is 5.91 Å². The average molecular weight is 262 g/mol. The van der Waals surface area contributed by atoms with Crippen molar-refractivity contribution in [3.63, 3.8) is 0 Å². The Bertz CT molecular complexity index is 424. The van der Waals surface area contributed by atoms with Crippen LogP contribution < -0.4 is 0 Å². The van der Waals surface area contributed by atoms with E-state index in [2.05, 4.69) is 0 Å². The summed E-state index contributed by atoms with van der Waals surface area (Å²) >= 11 is 11.5. The smallest absolute Gasteiger partial charge is 0.224 e. The number of hydrogen-bond donors (Lipinski definition) is 0. The van der Waals surface area contributed by atoms with Crippen LogP contribution in [0.5, 0.6) is 0 Å². The highest BCUT2D eigenvalue weighted by Crippen LogP contribution is 2.21. The Morgan fingerprint density at radius 1 is 1.50 bits per heavy atom. The fourth-order valence-corrected chi connectivity index (χ4v) is 2.24. The van der Waals surface area contributed by atoms with Crippen LogP contribution in [-0.2, 0) is 11.3 Å². The van der Waals surface area contributed by atoms with Gasteiger partial charge in [-0.3, -0.25) is 4.79 Å². The molecule has 1 amide bonds. The topological polar surface area (TPSA) is 20.3 Å². The summed E-state index contributed by atoms with van der Waals surface area (Å²) in [5.74, 6) is -0.422. The zero-order valence-corrected chi connectivity index (χ0v) is 9.93. The van der Waals surface area contributed by atoms with Crippen molar-refractivity contribution < 1.29 is 9.18 Å². The number of likely N-dealkylation sites (tertiary alicyclic amines) is 1. The van der Waals surface area contributed by atoms with E-state index >= 15 is 0 Å². The molecule has 1 aromatic rings. The lowest BCUT2D eigenvalue weighted by Gasteiger charge is -2.15. The molecule has 16 heavy (non-hydrogen) atoms.